The fraction of sp³-hybridized carbons (Fsp3) is 0.591. The molecule has 5 nitrogen and oxygen atoms in total. The fourth-order valence-corrected chi connectivity index (χ4v) is 2.83. The third-order valence-corrected chi connectivity index (χ3v) is 4.42. The largest absolute Gasteiger partial charge is 0.493 e. The molecule has 0 spiro atoms. The summed E-state index contributed by atoms with van der Waals surface area (Å²) in [5.74, 6) is 2.31. The van der Waals surface area contributed by atoms with Gasteiger partial charge in [-0.15, -0.1) is 24.0 Å². The van der Waals surface area contributed by atoms with E-state index in [4.69, 9.17) is 14.5 Å². The zero-order chi connectivity index (χ0) is 19.5. The first-order valence-corrected chi connectivity index (χ1v) is 10.1. The van der Waals surface area contributed by atoms with E-state index in [-0.39, 0.29) is 30.0 Å². The van der Waals surface area contributed by atoms with Gasteiger partial charge in [-0.05, 0) is 50.3 Å². The number of benzene rings is 1. The quantitative estimate of drug-likeness (QED) is 0.223. The molecule has 2 N–H and O–H groups in total. The Kier molecular flexibility index (Phi) is 12.2. The molecular formula is C22H36IN3O2. The molecule has 0 fully saturated rings. The van der Waals surface area contributed by atoms with Crippen LogP contribution in [0, 0.1) is 5.92 Å². The Labute approximate surface area is 187 Å². The average Bonchev–Trinajstić information content (AvgIpc) is 2.67. The van der Waals surface area contributed by atoms with Crippen molar-refractivity contribution in [1.29, 1.82) is 0 Å². The minimum atomic E-state index is 0. The van der Waals surface area contributed by atoms with Crippen molar-refractivity contribution in [2.75, 3.05) is 32.9 Å². The molecule has 2 rings (SSSR count). The fourth-order valence-electron chi connectivity index (χ4n) is 2.83. The van der Waals surface area contributed by atoms with E-state index >= 15 is 0 Å². The molecule has 158 valence electrons. The lowest BCUT2D eigenvalue weighted by Crippen LogP contribution is -2.38. The SMILES string of the molecule is CCNC(=NCCC1=CCOCC1)NC(C)c1ccc(OCC(C)C)cc1.I. The van der Waals surface area contributed by atoms with Gasteiger partial charge in [0.1, 0.15) is 5.75 Å². The molecule has 1 heterocycles. The molecule has 0 aliphatic carbocycles. The van der Waals surface area contributed by atoms with E-state index in [0.29, 0.717) is 5.92 Å². The van der Waals surface area contributed by atoms with Gasteiger partial charge in [0.05, 0.1) is 25.9 Å². The van der Waals surface area contributed by atoms with E-state index in [1.807, 2.05) is 12.1 Å². The number of aliphatic imine (C=N–C) groups is 1. The van der Waals surface area contributed by atoms with Crippen molar-refractivity contribution in [3.63, 3.8) is 0 Å². The molecule has 6 heteroatoms. The van der Waals surface area contributed by atoms with Crippen molar-refractivity contribution in [2.45, 2.75) is 46.6 Å². The van der Waals surface area contributed by atoms with Crippen LogP contribution in [0.5, 0.6) is 5.75 Å². The maximum Gasteiger partial charge on any atom is 0.191 e. The Morgan fingerprint density at radius 1 is 1.21 bits per heavy atom. The van der Waals surface area contributed by atoms with E-state index in [1.54, 1.807) is 0 Å². The second-order valence-corrected chi connectivity index (χ2v) is 7.34. The minimum Gasteiger partial charge on any atom is -0.493 e. The molecule has 1 unspecified atom stereocenters. The van der Waals surface area contributed by atoms with Crippen LogP contribution in [0.4, 0.5) is 0 Å². The van der Waals surface area contributed by atoms with Gasteiger partial charge >= 0.3 is 0 Å². The smallest absolute Gasteiger partial charge is 0.191 e. The lowest BCUT2D eigenvalue weighted by molar-refractivity contribution is 0.153. The first-order chi connectivity index (χ1) is 13.1. The second kappa shape index (κ2) is 13.8. The van der Waals surface area contributed by atoms with Crippen molar-refractivity contribution in [3.05, 3.63) is 41.5 Å². The highest BCUT2D eigenvalue weighted by Gasteiger charge is 2.09. The summed E-state index contributed by atoms with van der Waals surface area (Å²) in [4.78, 5) is 4.73. The van der Waals surface area contributed by atoms with Crippen LogP contribution in [0.15, 0.2) is 40.9 Å². The van der Waals surface area contributed by atoms with Gasteiger partial charge in [-0.2, -0.15) is 0 Å². The number of nitrogens with zero attached hydrogens (tertiary/aromatic N) is 1. The van der Waals surface area contributed by atoms with E-state index in [1.165, 1.54) is 11.1 Å². The van der Waals surface area contributed by atoms with E-state index in [2.05, 4.69) is 56.5 Å². The molecule has 0 amide bonds. The summed E-state index contributed by atoms with van der Waals surface area (Å²) < 4.78 is 11.1. The molecule has 28 heavy (non-hydrogen) atoms. The Hall–Kier alpha value is -1.28. The third-order valence-electron chi connectivity index (χ3n) is 4.42. The molecule has 1 atom stereocenters. The zero-order valence-electron chi connectivity index (χ0n) is 17.7. The maximum absolute atomic E-state index is 5.76. The zero-order valence-corrected chi connectivity index (χ0v) is 20.0. The molecule has 0 aromatic heterocycles. The Balaban J connectivity index is 0.00000392. The van der Waals surface area contributed by atoms with Gasteiger partial charge in [-0.3, -0.25) is 4.99 Å². The van der Waals surface area contributed by atoms with E-state index in [0.717, 1.165) is 57.5 Å². The highest BCUT2D eigenvalue weighted by Crippen LogP contribution is 2.18. The number of halogens is 1. The van der Waals surface area contributed by atoms with Gasteiger partial charge in [0.15, 0.2) is 5.96 Å². The maximum atomic E-state index is 5.76. The first kappa shape index (κ1) is 24.8. The third kappa shape index (κ3) is 9.28. The molecule has 1 aliphatic rings. The number of rotatable bonds is 9. The summed E-state index contributed by atoms with van der Waals surface area (Å²) in [6, 6.07) is 8.48. The highest BCUT2D eigenvalue weighted by molar-refractivity contribution is 14.0. The van der Waals surface area contributed by atoms with Crippen molar-refractivity contribution in [2.24, 2.45) is 10.9 Å². The van der Waals surface area contributed by atoms with Crippen LogP contribution in [0.3, 0.4) is 0 Å². The topological polar surface area (TPSA) is 54.9 Å². The van der Waals surface area contributed by atoms with Gasteiger partial charge < -0.3 is 20.1 Å². The van der Waals surface area contributed by atoms with E-state index < -0.39 is 0 Å². The Bertz CT molecular complexity index is 615. The number of nitrogens with one attached hydrogen (secondary N) is 2. The van der Waals surface area contributed by atoms with Crippen molar-refractivity contribution in [3.8, 4) is 5.75 Å². The molecular weight excluding hydrogens is 465 g/mol. The summed E-state index contributed by atoms with van der Waals surface area (Å²) in [5, 5.41) is 6.83. The predicted octanol–water partition coefficient (Wildman–Crippen LogP) is 4.69. The monoisotopic (exact) mass is 501 g/mol. The molecule has 0 radical (unpaired) electrons. The van der Waals surface area contributed by atoms with Crippen LogP contribution in [-0.4, -0.2) is 38.9 Å². The van der Waals surface area contributed by atoms with Crippen LogP contribution >= 0.6 is 24.0 Å². The summed E-state index contributed by atoms with van der Waals surface area (Å²) in [6.07, 6.45) is 4.21. The summed E-state index contributed by atoms with van der Waals surface area (Å²) in [5.41, 5.74) is 2.66. The number of guanidine groups is 1. The highest BCUT2D eigenvalue weighted by atomic mass is 127. The van der Waals surface area contributed by atoms with Crippen LogP contribution < -0.4 is 15.4 Å². The number of hydrogen-bond acceptors (Lipinski definition) is 3. The summed E-state index contributed by atoms with van der Waals surface area (Å²) in [6.45, 7) is 12.5. The van der Waals surface area contributed by atoms with Crippen LogP contribution in [-0.2, 0) is 4.74 Å². The summed E-state index contributed by atoms with van der Waals surface area (Å²) in [7, 11) is 0. The van der Waals surface area contributed by atoms with Crippen molar-refractivity contribution >= 4 is 29.9 Å². The summed E-state index contributed by atoms with van der Waals surface area (Å²) >= 11 is 0. The molecule has 0 saturated heterocycles. The van der Waals surface area contributed by atoms with Crippen molar-refractivity contribution in [1.82, 2.24) is 10.6 Å². The first-order valence-electron chi connectivity index (χ1n) is 10.1. The predicted molar refractivity (Wildman–Crippen MR) is 128 cm³/mol. The van der Waals surface area contributed by atoms with Gasteiger partial charge in [0, 0.05) is 13.1 Å². The van der Waals surface area contributed by atoms with Crippen LogP contribution in [0.25, 0.3) is 0 Å². The van der Waals surface area contributed by atoms with Crippen LogP contribution in [0.1, 0.15) is 52.1 Å². The molecule has 1 aromatic carbocycles. The molecule has 0 saturated carbocycles. The van der Waals surface area contributed by atoms with E-state index in [9.17, 15) is 0 Å². The molecule has 0 bridgehead atoms. The van der Waals surface area contributed by atoms with Gasteiger partial charge in [0.2, 0.25) is 0 Å². The number of hydrogen-bond donors (Lipinski definition) is 2. The number of ether oxygens (including phenoxy) is 2. The second-order valence-electron chi connectivity index (χ2n) is 7.34. The lowest BCUT2D eigenvalue weighted by Gasteiger charge is -2.19. The molecule has 1 aliphatic heterocycles. The standard InChI is InChI=1S/C22H35N3O2.HI/c1-5-23-22(24-13-10-19-11-14-26-15-12-19)25-18(4)20-6-8-21(9-7-20)27-16-17(2)3;/h6-9,11,17-18H,5,10,12-16H2,1-4H3,(H2,23,24,25);1H. The normalized spacial score (nSPS) is 15.5. The Morgan fingerprint density at radius 3 is 2.57 bits per heavy atom. The van der Waals surface area contributed by atoms with Gasteiger partial charge in [-0.25, -0.2) is 0 Å². The molecule has 1 aromatic rings. The lowest BCUT2D eigenvalue weighted by atomic mass is 10.1. The van der Waals surface area contributed by atoms with Crippen molar-refractivity contribution < 1.29 is 9.47 Å². The van der Waals surface area contributed by atoms with Crippen LogP contribution in [0.2, 0.25) is 0 Å². The average molecular weight is 501 g/mol. The minimum absolute atomic E-state index is 0. The van der Waals surface area contributed by atoms with Gasteiger partial charge in [0.25, 0.3) is 0 Å². The Morgan fingerprint density at radius 2 is 1.96 bits per heavy atom. The van der Waals surface area contributed by atoms with Gasteiger partial charge in [-0.1, -0.05) is 37.6 Å².